The van der Waals surface area contributed by atoms with Crippen molar-refractivity contribution in [3.05, 3.63) is 34.6 Å². The Morgan fingerprint density at radius 1 is 1.46 bits per heavy atom. The molecule has 1 aromatic carbocycles. The van der Waals surface area contributed by atoms with Crippen molar-refractivity contribution in [3.63, 3.8) is 0 Å². The van der Waals surface area contributed by atoms with Crippen LogP contribution in [0.25, 0.3) is 0 Å². The number of hydrogen-bond donors (Lipinski definition) is 1. The van der Waals surface area contributed by atoms with Gasteiger partial charge in [0.2, 0.25) is 0 Å². The normalized spacial score (nSPS) is 20.4. The van der Waals surface area contributed by atoms with E-state index in [1.165, 1.54) is 5.56 Å². The first-order chi connectivity index (χ1) is 6.22. The van der Waals surface area contributed by atoms with Gasteiger partial charge in [0, 0.05) is 6.04 Å². The lowest BCUT2D eigenvalue weighted by Gasteiger charge is -2.10. The molecule has 13 heavy (non-hydrogen) atoms. The van der Waals surface area contributed by atoms with Crippen LogP contribution in [0.3, 0.4) is 0 Å². The Morgan fingerprint density at radius 3 is 2.92 bits per heavy atom. The summed E-state index contributed by atoms with van der Waals surface area (Å²) in [5.41, 5.74) is 3.58. The summed E-state index contributed by atoms with van der Waals surface area (Å²) in [7, 11) is 1.93. The molecule has 0 saturated carbocycles. The Balaban J connectivity index is 2.51. The number of nitrogens with one attached hydrogen (secondary N) is 1. The number of rotatable bonds is 1. The van der Waals surface area contributed by atoms with Crippen LogP contribution in [0, 0.1) is 12.7 Å². The molecule has 0 saturated heterocycles. The molecule has 0 spiro atoms. The molecule has 1 atom stereocenters. The quantitative estimate of drug-likeness (QED) is 0.697. The highest BCUT2D eigenvalue weighted by Gasteiger charge is 2.22. The van der Waals surface area contributed by atoms with E-state index in [1.54, 1.807) is 12.1 Å². The molecule has 1 nitrogen and oxygen atoms in total. The second-order valence-corrected chi connectivity index (χ2v) is 3.67. The lowest BCUT2D eigenvalue weighted by molar-refractivity contribution is 0.581. The summed E-state index contributed by atoms with van der Waals surface area (Å²) in [5, 5.41) is 3.21. The Labute approximate surface area is 78.0 Å². The fourth-order valence-corrected chi connectivity index (χ4v) is 2.20. The molecule has 1 aliphatic carbocycles. The third-order valence-electron chi connectivity index (χ3n) is 2.88. The molecule has 2 heteroatoms. The summed E-state index contributed by atoms with van der Waals surface area (Å²) in [5.74, 6) is -0.113. The third-order valence-corrected chi connectivity index (χ3v) is 2.88. The van der Waals surface area contributed by atoms with Gasteiger partial charge in [-0.25, -0.2) is 4.39 Å². The van der Waals surface area contributed by atoms with Crippen LogP contribution in [-0.2, 0) is 6.42 Å². The molecule has 1 N–H and O–H groups in total. The summed E-state index contributed by atoms with van der Waals surface area (Å²) < 4.78 is 13.1. The monoisotopic (exact) mass is 179 g/mol. The van der Waals surface area contributed by atoms with E-state index < -0.39 is 0 Å². The van der Waals surface area contributed by atoms with Crippen LogP contribution >= 0.6 is 0 Å². The van der Waals surface area contributed by atoms with Gasteiger partial charge in [-0.05, 0) is 55.6 Å². The Hall–Kier alpha value is -0.890. The first-order valence-electron chi connectivity index (χ1n) is 4.68. The molecule has 0 unspecified atom stereocenters. The lowest BCUT2D eigenvalue weighted by atomic mass is 10.0. The van der Waals surface area contributed by atoms with Crippen LogP contribution in [0.5, 0.6) is 0 Å². The van der Waals surface area contributed by atoms with Gasteiger partial charge in [-0.1, -0.05) is 0 Å². The van der Waals surface area contributed by atoms with Crippen molar-refractivity contribution < 1.29 is 4.39 Å². The average Bonchev–Trinajstić information content (AvgIpc) is 2.47. The molecule has 70 valence electrons. The molecule has 1 aromatic rings. The molecule has 0 aliphatic heterocycles. The van der Waals surface area contributed by atoms with Gasteiger partial charge in [0.1, 0.15) is 5.82 Å². The largest absolute Gasteiger partial charge is 0.313 e. The molecular weight excluding hydrogens is 165 g/mol. The maximum Gasteiger partial charge on any atom is 0.123 e. The van der Waals surface area contributed by atoms with Gasteiger partial charge in [0.05, 0.1) is 0 Å². The van der Waals surface area contributed by atoms with Crippen molar-refractivity contribution in [3.8, 4) is 0 Å². The van der Waals surface area contributed by atoms with Crippen LogP contribution in [0.1, 0.15) is 29.2 Å². The Morgan fingerprint density at radius 2 is 2.23 bits per heavy atom. The van der Waals surface area contributed by atoms with E-state index in [1.807, 2.05) is 14.0 Å². The standard InChI is InChI=1S/C11H14FN/c1-7-5-8(12)6-10-9(7)3-4-11(10)13-2/h5-6,11,13H,3-4H2,1-2H3/t11-/m0/s1. The van der Waals surface area contributed by atoms with E-state index in [0.717, 1.165) is 24.0 Å². The van der Waals surface area contributed by atoms with E-state index >= 15 is 0 Å². The zero-order chi connectivity index (χ0) is 9.42. The van der Waals surface area contributed by atoms with Gasteiger partial charge in [-0.15, -0.1) is 0 Å². The lowest BCUT2D eigenvalue weighted by Crippen LogP contribution is -2.13. The van der Waals surface area contributed by atoms with Gasteiger partial charge in [-0.2, -0.15) is 0 Å². The number of benzene rings is 1. The maximum absolute atomic E-state index is 13.1. The molecule has 0 heterocycles. The van der Waals surface area contributed by atoms with Gasteiger partial charge in [0.15, 0.2) is 0 Å². The molecular formula is C11H14FN. The highest BCUT2D eigenvalue weighted by Crippen LogP contribution is 2.33. The number of hydrogen-bond acceptors (Lipinski definition) is 1. The second kappa shape index (κ2) is 3.11. The third kappa shape index (κ3) is 1.35. The summed E-state index contributed by atoms with van der Waals surface area (Å²) in [6.07, 6.45) is 2.17. The molecule has 0 radical (unpaired) electrons. The van der Waals surface area contributed by atoms with Crippen LogP contribution < -0.4 is 5.32 Å². The predicted molar refractivity (Wildman–Crippen MR) is 51.3 cm³/mol. The molecule has 2 rings (SSSR count). The number of aryl methyl sites for hydroxylation is 1. The van der Waals surface area contributed by atoms with Gasteiger partial charge >= 0.3 is 0 Å². The molecule has 0 bridgehead atoms. The van der Waals surface area contributed by atoms with Gasteiger partial charge in [-0.3, -0.25) is 0 Å². The Kier molecular flexibility index (Phi) is 2.08. The summed E-state index contributed by atoms with van der Waals surface area (Å²) in [6, 6.07) is 3.64. The van der Waals surface area contributed by atoms with Crippen molar-refractivity contribution >= 4 is 0 Å². The van der Waals surface area contributed by atoms with Crippen LogP contribution in [0.2, 0.25) is 0 Å². The predicted octanol–water partition coefficient (Wildman–Crippen LogP) is 2.34. The minimum atomic E-state index is -0.113. The smallest absolute Gasteiger partial charge is 0.123 e. The first kappa shape index (κ1) is 8.70. The van der Waals surface area contributed by atoms with E-state index in [-0.39, 0.29) is 5.82 Å². The van der Waals surface area contributed by atoms with Gasteiger partial charge in [0.25, 0.3) is 0 Å². The Bertz CT molecular complexity index is 333. The second-order valence-electron chi connectivity index (χ2n) is 3.67. The highest BCUT2D eigenvalue weighted by atomic mass is 19.1. The van der Waals surface area contributed by atoms with Gasteiger partial charge < -0.3 is 5.32 Å². The van der Waals surface area contributed by atoms with Crippen LogP contribution in [-0.4, -0.2) is 7.05 Å². The molecule has 0 amide bonds. The first-order valence-corrected chi connectivity index (χ1v) is 4.68. The fraction of sp³-hybridized carbons (Fsp3) is 0.455. The van der Waals surface area contributed by atoms with Crippen molar-refractivity contribution in [2.24, 2.45) is 0 Å². The summed E-state index contributed by atoms with van der Waals surface area (Å²) >= 11 is 0. The summed E-state index contributed by atoms with van der Waals surface area (Å²) in [6.45, 7) is 1.99. The summed E-state index contributed by atoms with van der Waals surface area (Å²) in [4.78, 5) is 0. The highest BCUT2D eigenvalue weighted by molar-refractivity contribution is 5.40. The SMILES string of the molecule is CN[C@H]1CCc2c(C)cc(F)cc21. The van der Waals surface area contributed by atoms with Crippen molar-refractivity contribution in [2.45, 2.75) is 25.8 Å². The van der Waals surface area contributed by atoms with Crippen molar-refractivity contribution in [1.29, 1.82) is 0 Å². The minimum Gasteiger partial charge on any atom is -0.313 e. The van der Waals surface area contributed by atoms with Crippen LogP contribution in [0.15, 0.2) is 12.1 Å². The van der Waals surface area contributed by atoms with E-state index in [9.17, 15) is 4.39 Å². The maximum atomic E-state index is 13.1. The van der Waals surface area contributed by atoms with E-state index in [4.69, 9.17) is 0 Å². The zero-order valence-corrected chi connectivity index (χ0v) is 8.02. The molecule has 0 aromatic heterocycles. The molecule has 1 aliphatic rings. The van der Waals surface area contributed by atoms with E-state index in [2.05, 4.69) is 5.32 Å². The van der Waals surface area contributed by atoms with Crippen molar-refractivity contribution in [2.75, 3.05) is 7.05 Å². The number of fused-ring (bicyclic) bond motifs is 1. The van der Waals surface area contributed by atoms with Crippen molar-refractivity contribution in [1.82, 2.24) is 5.32 Å². The topological polar surface area (TPSA) is 12.0 Å². The zero-order valence-electron chi connectivity index (χ0n) is 8.02. The van der Waals surface area contributed by atoms with Crippen LogP contribution in [0.4, 0.5) is 4.39 Å². The minimum absolute atomic E-state index is 0.113. The fourth-order valence-electron chi connectivity index (χ4n) is 2.20. The average molecular weight is 179 g/mol. The van der Waals surface area contributed by atoms with E-state index in [0.29, 0.717) is 6.04 Å². The number of halogens is 1. The molecule has 0 fully saturated rings.